The van der Waals surface area contributed by atoms with Gasteiger partial charge in [-0.1, -0.05) is 12.1 Å². The number of likely N-dealkylation sites (tertiary alicyclic amines) is 1. The lowest BCUT2D eigenvalue weighted by molar-refractivity contribution is -0.138. The summed E-state index contributed by atoms with van der Waals surface area (Å²) in [6.07, 6.45) is -6.37. The van der Waals surface area contributed by atoms with Gasteiger partial charge < -0.3 is 15.1 Å². The van der Waals surface area contributed by atoms with Gasteiger partial charge in [0.05, 0.1) is 23.3 Å². The number of benzene rings is 1. The molecule has 1 amide bonds. The summed E-state index contributed by atoms with van der Waals surface area (Å²) in [7, 11) is 0. The van der Waals surface area contributed by atoms with Crippen LogP contribution in [0.25, 0.3) is 0 Å². The second-order valence-corrected chi connectivity index (χ2v) is 4.80. The molecule has 1 aromatic carbocycles. The Balaban J connectivity index is 2.30. The van der Waals surface area contributed by atoms with E-state index in [0.29, 0.717) is 0 Å². The predicted octanol–water partition coefficient (Wildman–Crippen LogP) is 1.27. The first-order chi connectivity index (χ1) is 9.29. The number of amides is 1. The Labute approximate surface area is 113 Å². The van der Waals surface area contributed by atoms with Crippen molar-refractivity contribution in [3.8, 4) is 0 Å². The molecule has 0 aromatic heterocycles. The highest BCUT2D eigenvalue weighted by molar-refractivity contribution is 5.96. The first-order valence-electron chi connectivity index (χ1n) is 6.10. The number of β-amino-alcohol motifs (C(OH)–C–C–N with tert-alkyl or cyclic N) is 2. The number of aliphatic hydroxyl groups excluding tert-OH is 2. The van der Waals surface area contributed by atoms with Crippen LogP contribution >= 0.6 is 0 Å². The van der Waals surface area contributed by atoms with Crippen LogP contribution in [0.2, 0.25) is 0 Å². The van der Waals surface area contributed by atoms with Crippen LogP contribution < -0.4 is 0 Å². The van der Waals surface area contributed by atoms with Crippen LogP contribution in [0, 0.1) is 0 Å². The van der Waals surface area contributed by atoms with Crippen molar-refractivity contribution in [2.75, 3.05) is 13.1 Å². The van der Waals surface area contributed by atoms with Gasteiger partial charge in [-0.2, -0.15) is 13.2 Å². The first-order valence-corrected chi connectivity index (χ1v) is 6.10. The number of hydrogen-bond acceptors (Lipinski definition) is 3. The minimum absolute atomic E-state index is 0.0813. The lowest BCUT2D eigenvalue weighted by Gasteiger charge is -2.33. The number of carbonyl (C=O) groups is 1. The van der Waals surface area contributed by atoms with Crippen molar-refractivity contribution in [3.05, 3.63) is 35.4 Å². The van der Waals surface area contributed by atoms with Gasteiger partial charge >= 0.3 is 6.18 Å². The molecule has 20 heavy (non-hydrogen) atoms. The summed E-state index contributed by atoms with van der Waals surface area (Å²) in [5.74, 6) is -0.837. The number of hydrogen-bond donors (Lipinski definition) is 2. The van der Waals surface area contributed by atoms with Crippen molar-refractivity contribution in [1.29, 1.82) is 0 Å². The molecule has 0 radical (unpaired) electrons. The minimum Gasteiger partial charge on any atom is -0.391 e. The lowest BCUT2D eigenvalue weighted by Crippen LogP contribution is -2.48. The minimum atomic E-state index is -4.63. The zero-order chi connectivity index (χ0) is 14.9. The fraction of sp³-hybridized carbons (Fsp3) is 0.462. The van der Waals surface area contributed by atoms with Crippen LogP contribution in [0.3, 0.4) is 0 Å². The van der Waals surface area contributed by atoms with E-state index in [2.05, 4.69) is 0 Å². The maximum Gasteiger partial charge on any atom is 0.417 e. The first kappa shape index (κ1) is 14.8. The molecule has 4 nitrogen and oxygen atoms in total. The Kier molecular flexibility index (Phi) is 4.01. The number of halogens is 3. The van der Waals surface area contributed by atoms with Crippen molar-refractivity contribution < 1.29 is 28.2 Å². The van der Waals surface area contributed by atoms with E-state index in [0.717, 1.165) is 17.0 Å². The van der Waals surface area contributed by atoms with Crippen molar-refractivity contribution in [2.45, 2.75) is 24.8 Å². The van der Waals surface area contributed by atoms with Gasteiger partial charge in [-0.25, -0.2) is 0 Å². The molecule has 1 aliphatic rings. The van der Waals surface area contributed by atoms with Gasteiger partial charge in [0.15, 0.2) is 0 Å². The standard InChI is InChI=1S/C13H14F3NO3/c14-13(15,16)11-4-2-1-3-10(11)12(20)17-6-8(18)5-9(19)7-17/h1-4,8-9,18-19H,5-7H2/t8-,9-/m0/s1. The maximum atomic E-state index is 12.9. The third-order valence-corrected chi connectivity index (χ3v) is 3.16. The molecule has 2 atom stereocenters. The largest absolute Gasteiger partial charge is 0.417 e. The summed E-state index contributed by atoms with van der Waals surface area (Å²) in [5.41, 5.74) is -1.49. The lowest BCUT2D eigenvalue weighted by atomic mass is 10.0. The zero-order valence-electron chi connectivity index (χ0n) is 10.5. The van der Waals surface area contributed by atoms with Gasteiger partial charge in [0.2, 0.25) is 0 Å². The molecular weight excluding hydrogens is 275 g/mol. The van der Waals surface area contributed by atoms with Crippen LogP contribution in [-0.2, 0) is 6.18 Å². The van der Waals surface area contributed by atoms with E-state index < -0.39 is 35.4 Å². The Morgan fingerprint density at radius 3 is 2.25 bits per heavy atom. The van der Waals surface area contributed by atoms with E-state index in [-0.39, 0.29) is 19.5 Å². The highest BCUT2D eigenvalue weighted by atomic mass is 19.4. The third kappa shape index (κ3) is 3.10. The maximum absolute atomic E-state index is 12.9. The second-order valence-electron chi connectivity index (χ2n) is 4.80. The van der Waals surface area contributed by atoms with Gasteiger partial charge in [-0.15, -0.1) is 0 Å². The predicted molar refractivity (Wildman–Crippen MR) is 64.0 cm³/mol. The van der Waals surface area contributed by atoms with Crippen LogP contribution in [-0.4, -0.2) is 46.3 Å². The number of aliphatic hydroxyl groups is 2. The SMILES string of the molecule is O=C(c1ccccc1C(F)(F)F)N1C[C@@H](O)C[C@H](O)C1. The summed E-state index contributed by atoms with van der Waals surface area (Å²) in [4.78, 5) is 13.2. The summed E-state index contributed by atoms with van der Waals surface area (Å²) < 4.78 is 38.6. The zero-order valence-corrected chi connectivity index (χ0v) is 10.5. The van der Waals surface area contributed by atoms with Gasteiger partial charge in [-0.05, 0) is 12.1 Å². The summed E-state index contributed by atoms with van der Waals surface area (Å²) in [5, 5.41) is 19.0. The Bertz CT molecular complexity index is 494. The normalized spacial score (nSPS) is 23.8. The van der Waals surface area contributed by atoms with E-state index in [9.17, 15) is 28.2 Å². The smallest absolute Gasteiger partial charge is 0.391 e. The van der Waals surface area contributed by atoms with Crippen LogP contribution in [0.5, 0.6) is 0 Å². The van der Waals surface area contributed by atoms with Crippen LogP contribution in [0.15, 0.2) is 24.3 Å². The molecule has 110 valence electrons. The molecule has 1 aromatic rings. The molecule has 0 saturated carbocycles. The van der Waals surface area contributed by atoms with E-state index in [1.165, 1.54) is 12.1 Å². The molecule has 1 aliphatic heterocycles. The van der Waals surface area contributed by atoms with Gasteiger partial charge in [0.25, 0.3) is 5.91 Å². The topological polar surface area (TPSA) is 60.8 Å². The molecule has 2 N–H and O–H groups in total. The molecule has 0 unspecified atom stereocenters. The van der Waals surface area contributed by atoms with E-state index in [1.54, 1.807) is 0 Å². The van der Waals surface area contributed by atoms with Gasteiger partial charge in [-0.3, -0.25) is 4.79 Å². The highest BCUT2D eigenvalue weighted by Gasteiger charge is 2.37. The molecule has 7 heteroatoms. The van der Waals surface area contributed by atoms with Crippen molar-refractivity contribution in [2.24, 2.45) is 0 Å². The van der Waals surface area contributed by atoms with Gasteiger partial charge in [0, 0.05) is 19.5 Å². The number of piperidine rings is 1. The molecule has 1 saturated heterocycles. The molecular formula is C13H14F3NO3. The average Bonchev–Trinajstić information content (AvgIpc) is 2.35. The van der Waals surface area contributed by atoms with Crippen molar-refractivity contribution in [1.82, 2.24) is 4.90 Å². The summed E-state index contributed by atoms with van der Waals surface area (Å²) >= 11 is 0. The monoisotopic (exact) mass is 289 g/mol. The number of rotatable bonds is 1. The second kappa shape index (κ2) is 5.41. The molecule has 0 bridgehead atoms. The Hall–Kier alpha value is -1.60. The number of carbonyl (C=O) groups excluding carboxylic acids is 1. The van der Waals surface area contributed by atoms with Crippen LogP contribution in [0.1, 0.15) is 22.3 Å². The molecule has 1 fully saturated rings. The van der Waals surface area contributed by atoms with Crippen molar-refractivity contribution in [3.63, 3.8) is 0 Å². The van der Waals surface area contributed by atoms with E-state index in [4.69, 9.17) is 0 Å². The summed E-state index contributed by atoms with van der Waals surface area (Å²) in [6, 6.07) is 4.49. The van der Waals surface area contributed by atoms with Crippen molar-refractivity contribution >= 4 is 5.91 Å². The van der Waals surface area contributed by atoms with Crippen LogP contribution in [0.4, 0.5) is 13.2 Å². The third-order valence-electron chi connectivity index (χ3n) is 3.16. The highest BCUT2D eigenvalue weighted by Crippen LogP contribution is 2.32. The number of nitrogens with zero attached hydrogens (tertiary/aromatic N) is 1. The fourth-order valence-corrected chi connectivity index (χ4v) is 2.30. The van der Waals surface area contributed by atoms with E-state index in [1.807, 2.05) is 0 Å². The molecule has 0 aliphatic carbocycles. The average molecular weight is 289 g/mol. The molecule has 1 heterocycles. The Morgan fingerprint density at radius 1 is 1.15 bits per heavy atom. The van der Waals surface area contributed by atoms with E-state index >= 15 is 0 Å². The quantitative estimate of drug-likeness (QED) is 0.818. The number of alkyl halides is 3. The fourth-order valence-electron chi connectivity index (χ4n) is 2.30. The summed E-state index contributed by atoms with van der Waals surface area (Å²) in [6.45, 7) is -0.163. The molecule has 0 spiro atoms. The Morgan fingerprint density at radius 2 is 1.70 bits per heavy atom. The molecule has 2 rings (SSSR count). The van der Waals surface area contributed by atoms with Gasteiger partial charge in [0.1, 0.15) is 0 Å².